The van der Waals surface area contributed by atoms with Gasteiger partial charge in [0.25, 0.3) is 0 Å². The maximum Gasteiger partial charge on any atom is 0.145 e. The minimum Gasteiger partial charge on any atom is -0.379 e. The number of hydrogen-bond acceptors (Lipinski definition) is 7. The zero-order chi connectivity index (χ0) is 23.4. The minimum absolute atomic E-state index is 0.0876. The minimum atomic E-state index is -0.155. The Morgan fingerprint density at radius 3 is 2.82 bits per heavy atom. The lowest BCUT2D eigenvalue weighted by molar-refractivity contribution is -0.124. The third-order valence-electron chi connectivity index (χ3n) is 6.53. The second kappa shape index (κ2) is 10.9. The van der Waals surface area contributed by atoms with E-state index in [1.165, 1.54) is 0 Å². The van der Waals surface area contributed by atoms with Crippen LogP contribution in [0, 0.1) is 11.8 Å². The predicted octanol–water partition coefficient (Wildman–Crippen LogP) is 3.76. The number of nitrogens with one attached hydrogen (secondary N) is 2. The molecule has 0 bridgehead atoms. The SMILES string of the molecule is CO[C@H]1CNC[C@@H]1C(=O)Cc1cc(-c2cccc(NCC3C[C@@H](C)O[C@@H](C)C3)n2)c(Cl)cn1. The Morgan fingerprint density at radius 2 is 2.06 bits per heavy atom. The summed E-state index contributed by atoms with van der Waals surface area (Å²) < 4.78 is 11.3. The van der Waals surface area contributed by atoms with Crippen LogP contribution in [-0.4, -0.2) is 60.8 Å². The number of aromatic nitrogens is 2. The molecule has 5 atom stereocenters. The van der Waals surface area contributed by atoms with Crippen LogP contribution in [0.25, 0.3) is 11.3 Å². The molecule has 2 aliphatic heterocycles. The van der Waals surface area contributed by atoms with Crippen molar-refractivity contribution in [3.8, 4) is 11.3 Å². The van der Waals surface area contributed by atoms with E-state index < -0.39 is 0 Å². The van der Waals surface area contributed by atoms with Crippen molar-refractivity contribution in [3.63, 3.8) is 0 Å². The Morgan fingerprint density at radius 1 is 1.27 bits per heavy atom. The maximum atomic E-state index is 12.8. The van der Waals surface area contributed by atoms with Crippen LogP contribution in [0.1, 0.15) is 32.4 Å². The van der Waals surface area contributed by atoms with Crippen LogP contribution in [0.2, 0.25) is 5.02 Å². The van der Waals surface area contributed by atoms with Gasteiger partial charge in [-0.05, 0) is 50.8 Å². The molecule has 178 valence electrons. The first-order valence-corrected chi connectivity index (χ1v) is 12.1. The molecule has 0 amide bonds. The third-order valence-corrected chi connectivity index (χ3v) is 6.84. The van der Waals surface area contributed by atoms with E-state index in [0.29, 0.717) is 29.7 Å². The molecule has 33 heavy (non-hydrogen) atoms. The second-order valence-corrected chi connectivity index (χ2v) is 9.63. The molecule has 0 spiro atoms. The first kappa shape index (κ1) is 24.1. The first-order valence-electron chi connectivity index (χ1n) is 11.7. The van der Waals surface area contributed by atoms with E-state index in [0.717, 1.165) is 36.5 Å². The fourth-order valence-electron chi connectivity index (χ4n) is 4.95. The lowest BCUT2D eigenvalue weighted by Gasteiger charge is -2.32. The van der Waals surface area contributed by atoms with E-state index in [9.17, 15) is 4.79 Å². The number of methoxy groups -OCH3 is 1. The maximum absolute atomic E-state index is 12.8. The zero-order valence-corrected chi connectivity index (χ0v) is 20.3. The van der Waals surface area contributed by atoms with Gasteiger partial charge in [0.2, 0.25) is 0 Å². The molecule has 4 rings (SSSR count). The van der Waals surface area contributed by atoms with Gasteiger partial charge in [0.15, 0.2) is 0 Å². The molecule has 8 heteroatoms. The Bertz CT molecular complexity index is 962. The van der Waals surface area contributed by atoms with Gasteiger partial charge >= 0.3 is 0 Å². The van der Waals surface area contributed by atoms with Gasteiger partial charge in [0, 0.05) is 50.6 Å². The molecular formula is C25H33ClN4O3. The highest BCUT2D eigenvalue weighted by Gasteiger charge is 2.32. The Balaban J connectivity index is 1.44. The number of pyridine rings is 2. The lowest BCUT2D eigenvalue weighted by Crippen LogP contribution is -2.32. The lowest BCUT2D eigenvalue weighted by atomic mass is 9.92. The van der Waals surface area contributed by atoms with Gasteiger partial charge in [0.05, 0.1) is 34.9 Å². The van der Waals surface area contributed by atoms with Gasteiger partial charge in [-0.25, -0.2) is 4.98 Å². The number of nitrogens with zero attached hydrogens (tertiary/aromatic N) is 2. The van der Waals surface area contributed by atoms with Crippen molar-refractivity contribution in [1.82, 2.24) is 15.3 Å². The van der Waals surface area contributed by atoms with E-state index in [1.54, 1.807) is 13.3 Å². The predicted molar refractivity (Wildman–Crippen MR) is 130 cm³/mol. The highest BCUT2D eigenvalue weighted by molar-refractivity contribution is 6.33. The molecule has 2 fully saturated rings. The average Bonchev–Trinajstić information content (AvgIpc) is 3.28. The van der Waals surface area contributed by atoms with Crippen molar-refractivity contribution in [3.05, 3.63) is 41.2 Å². The molecule has 0 aromatic carbocycles. The van der Waals surface area contributed by atoms with Crippen LogP contribution in [-0.2, 0) is 20.7 Å². The number of anilines is 1. The van der Waals surface area contributed by atoms with Crippen LogP contribution in [0.15, 0.2) is 30.5 Å². The number of rotatable bonds is 8. The summed E-state index contributed by atoms with van der Waals surface area (Å²) in [6, 6.07) is 7.73. The fraction of sp³-hybridized carbons (Fsp3) is 0.560. The summed E-state index contributed by atoms with van der Waals surface area (Å²) in [7, 11) is 1.65. The van der Waals surface area contributed by atoms with Gasteiger partial charge in [-0.3, -0.25) is 9.78 Å². The molecule has 2 aromatic heterocycles. The largest absolute Gasteiger partial charge is 0.379 e. The van der Waals surface area contributed by atoms with E-state index in [2.05, 4.69) is 29.5 Å². The topological polar surface area (TPSA) is 85.4 Å². The Kier molecular flexibility index (Phi) is 7.96. The Labute approximate surface area is 200 Å². The van der Waals surface area contributed by atoms with Crippen molar-refractivity contribution < 1.29 is 14.3 Å². The van der Waals surface area contributed by atoms with Crippen LogP contribution in [0.3, 0.4) is 0 Å². The standard InChI is InChI=1S/C25H33ClN4O3/c1-15-7-17(8-16(2)33-15)11-29-25-6-4-5-22(30-25)19-9-18(28-13-21(19)26)10-23(31)20-12-27-14-24(20)32-3/h4-6,9,13,15-17,20,24,27H,7-8,10-12,14H2,1-3H3,(H,29,30)/t15-,16+,17?,20-,24+/m1/s1. The van der Waals surface area contributed by atoms with Crippen molar-refractivity contribution in [1.29, 1.82) is 0 Å². The molecule has 2 aromatic rings. The van der Waals surface area contributed by atoms with E-state index >= 15 is 0 Å². The van der Waals surface area contributed by atoms with E-state index in [4.69, 9.17) is 26.1 Å². The monoisotopic (exact) mass is 472 g/mol. The van der Waals surface area contributed by atoms with Crippen LogP contribution >= 0.6 is 11.6 Å². The number of ketones is 1. The van der Waals surface area contributed by atoms with Crippen LogP contribution < -0.4 is 10.6 Å². The van der Waals surface area contributed by atoms with Crippen molar-refractivity contribution in [2.24, 2.45) is 11.8 Å². The summed E-state index contributed by atoms with van der Waals surface area (Å²) in [5.74, 6) is 1.33. The number of Topliss-reactive ketones (excluding diaryl/α,β-unsaturated/α-hetero) is 1. The summed E-state index contributed by atoms with van der Waals surface area (Å²) in [5.41, 5.74) is 2.22. The number of hydrogen-bond donors (Lipinski definition) is 2. The molecule has 1 unspecified atom stereocenters. The molecule has 0 aliphatic carbocycles. The van der Waals surface area contributed by atoms with Gasteiger partial charge in [-0.2, -0.15) is 0 Å². The van der Waals surface area contributed by atoms with Crippen molar-refractivity contribution in [2.75, 3.05) is 32.1 Å². The molecule has 0 radical (unpaired) electrons. The summed E-state index contributed by atoms with van der Waals surface area (Å²) in [4.78, 5) is 22.0. The second-order valence-electron chi connectivity index (χ2n) is 9.22. The van der Waals surface area contributed by atoms with Crippen LogP contribution in [0.4, 0.5) is 5.82 Å². The molecule has 0 saturated carbocycles. The number of ether oxygens (including phenoxy) is 2. The number of carbonyl (C=O) groups excluding carboxylic acids is 1. The molecule has 2 aliphatic rings. The van der Waals surface area contributed by atoms with E-state index in [1.807, 2.05) is 24.3 Å². The number of carbonyl (C=O) groups is 1. The quantitative estimate of drug-likeness (QED) is 0.605. The molecule has 2 saturated heterocycles. The number of halogens is 1. The smallest absolute Gasteiger partial charge is 0.145 e. The third kappa shape index (κ3) is 6.09. The summed E-state index contributed by atoms with van der Waals surface area (Å²) in [6.45, 7) is 6.45. The summed E-state index contributed by atoms with van der Waals surface area (Å²) >= 11 is 6.47. The molecule has 4 heterocycles. The average molecular weight is 473 g/mol. The highest BCUT2D eigenvalue weighted by atomic mass is 35.5. The summed E-state index contributed by atoms with van der Waals surface area (Å²) in [6.07, 6.45) is 4.43. The highest BCUT2D eigenvalue weighted by Crippen LogP contribution is 2.29. The van der Waals surface area contributed by atoms with Gasteiger partial charge in [-0.15, -0.1) is 0 Å². The molecule has 7 nitrogen and oxygen atoms in total. The van der Waals surface area contributed by atoms with Gasteiger partial charge in [-0.1, -0.05) is 17.7 Å². The molecular weight excluding hydrogens is 440 g/mol. The van der Waals surface area contributed by atoms with Gasteiger partial charge < -0.3 is 20.1 Å². The van der Waals surface area contributed by atoms with Crippen molar-refractivity contribution in [2.45, 2.75) is 51.4 Å². The first-order chi connectivity index (χ1) is 15.9. The molecule has 2 N–H and O–H groups in total. The Hall–Kier alpha value is -2.06. The van der Waals surface area contributed by atoms with Crippen LogP contribution in [0.5, 0.6) is 0 Å². The fourth-order valence-corrected chi connectivity index (χ4v) is 5.15. The van der Waals surface area contributed by atoms with Crippen molar-refractivity contribution >= 4 is 23.2 Å². The normalized spacial score (nSPS) is 27.5. The van der Waals surface area contributed by atoms with E-state index in [-0.39, 0.29) is 36.4 Å². The van der Waals surface area contributed by atoms with Gasteiger partial charge in [0.1, 0.15) is 11.6 Å². The summed E-state index contributed by atoms with van der Waals surface area (Å²) in [5, 5.41) is 7.22. The zero-order valence-electron chi connectivity index (χ0n) is 19.5.